The van der Waals surface area contributed by atoms with Crippen LogP contribution < -0.4 is 16.0 Å². The third kappa shape index (κ3) is 9.86. The van der Waals surface area contributed by atoms with Gasteiger partial charge in [0.2, 0.25) is 11.8 Å². The van der Waals surface area contributed by atoms with E-state index >= 15 is 0 Å². The maximum atomic E-state index is 11.4. The van der Waals surface area contributed by atoms with E-state index < -0.39 is 17.9 Å². The molecule has 0 aliphatic rings. The molecule has 0 radical (unpaired) electrons. The summed E-state index contributed by atoms with van der Waals surface area (Å²) in [5, 5.41) is 15.4. The van der Waals surface area contributed by atoms with Crippen LogP contribution in [-0.2, 0) is 14.4 Å². The Bertz CT molecular complexity index is 370. The summed E-state index contributed by atoms with van der Waals surface area (Å²) < 4.78 is 0. The van der Waals surface area contributed by atoms with E-state index in [4.69, 9.17) is 5.11 Å². The third-order valence-electron chi connectivity index (χ3n) is 2.48. The Morgan fingerprint density at radius 2 is 1.70 bits per heavy atom. The van der Waals surface area contributed by atoms with E-state index in [-0.39, 0.29) is 37.8 Å². The second-order valence-corrected chi connectivity index (χ2v) is 4.32. The van der Waals surface area contributed by atoms with Crippen molar-refractivity contribution in [3.63, 3.8) is 0 Å². The van der Waals surface area contributed by atoms with Crippen molar-refractivity contribution >= 4 is 23.8 Å². The second-order valence-electron chi connectivity index (χ2n) is 4.32. The van der Waals surface area contributed by atoms with Crippen LogP contribution in [0.4, 0.5) is 4.79 Å². The zero-order chi connectivity index (χ0) is 15.5. The van der Waals surface area contributed by atoms with Crippen molar-refractivity contribution < 1.29 is 24.3 Å². The number of carbonyl (C=O) groups excluding carboxylic acids is 3. The summed E-state index contributed by atoms with van der Waals surface area (Å²) in [4.78, 5) is 44.0. The van der Waals surface area contributed by atoms with Crippen LogP contribution in [0.15, 0.2) is 0 Å². The predicted molar refractivity (Wildman–Crippen MR) is 70.9 cm³/mol. The lowest BCUT2D eigenvalue weighted by Crippen LogP contribution is -2.41. The Morgan fingerprint density at radius 1 is 1.05 bits per heavy atom. The standard InChI is InChI=1S/C12H21N3O5/c1-3-8(2)14-10(17)6-7-13-12(20)15-9(16)4-5-11(18)19/h8H,3-7H2,1-2H3,(H,14,17)(H,18,19)(H2,13,15,16,20). The van der Waals surface area contributed by atoms with Crippen LogP contribution in [0, 0.1) is 0 Å². The van der Waals surface area contributed by atoms with Gasteiger partial charge < -0.3 is 15.7 Å². The molecule has 0 aliphatic heterocycles. The van der Waals surface area contributed by atoms with Crippen LogP contribution in [0.5, 0.6) is 0 Å². The van der Waals surface area contributed by atoms with Gasteiger partial charge in [-0.05, 0) is 13.3 Å². The molecule has 8 heteroatoms. The minimum absolute atomic E-state index is 0.0777. The first-order valence-electron chi connectivity index (χ1n) is 6.44. The molecule has 1 atom stereocenters. The molecule has 20 heavy (non-hydrogen) atoms. The van der Waals surface area contributed by atoms with E-state index in [1.54, 1.807) is 0 Å². The monoisotopic (exact) mass is 287 g/mol. The summed E-state index contributed by atoms with van der Waals surface area (Å²) in [5.41, 5.74) is 0. The predicted octanol–water partition coefficient (Wildman–Crippen LogP) is -0.0182. The van der Waals surface area contributed by atoms with Gasteiger partial charge in [-0.3, -0.25) is 19.7 Å². The molecule has 0 spiro atoms. The highest BCUT2D eigenvalue weighted by atomic mass is 16.4. The van der Waals surface area contributed by atoms with Gasteiger partial charge in [0, 0.05) is 25.4 Å². The molecule has 8 nitrogen and oxygen atoms in total. The number of hydrogen-bond donors (Lipinski definition) is 4. The number of urea groups is 1. The Hall–Kier alpha value is -2.12. The molecular weight excluding hydrogens is 266 g/mol. The SMILES string of the molecule is CCC(C)NC(=O)CCNC(=O)NC(=O)CCC(=O)O. The van der Waals surface area contributed by atoms with Crippen molar-refractivity contribution in [3.05, 3.63) is 0 Å². The number of nitrogens with one attached hydrogen (secondary N) is 3. The number of amides is 4. The van der Waals surface area contributed by atoms with Gasteiger partial charge in [0.1, 0.15) is 0 Å². The summed E-state index contributed by atoms with van der Waals surface area (Å²) in [6, 6.07) is -0.661. The smallest absolute Gasteiger partial charge is 0.321 e. The van der Waals surface area contributed by atoms with Gasteiger partial charge in [0.15, 0.2) is 0 Å². The summed E-state index contributed by atoms with van der Waals surface area (Å²) in [6.45, 7) is 3.92. The average Bonchev–Trinajstić information content (AvgIpc) is 2.36. The molecule has 1 unspecified atom stereocenters. The van der Waals surface area contributed by atoms with Crippen LogP contribution in [0.1, 0.15) is 39.5 Å². The lowest BCUT2D eigenvalue weighted by Gasteiger charge is -2.11. The van der Waals surface area contributed by atoms with Crippen molar-refractivity contribution in [1.29, 1.82) is 0 Å². The first-order valence-corrected chi connectivity index (χ1v) is 6.44. The zero-order valence-electron chi connectivity index (χ0n) is 11.7. The number of carboxylic acid groups (broad SMARTS) is 1. The van der Waals surface area contributed by atoms with E-state index in [1.165, 1.54) is 0 Å². The first-order chi connectivity index (χ1) is 9.35. The van der Waals surface area contributed by atoms with Crippen molar-refractivity contribution in [2.45, 2.75) is 45.6 Å². The maximum absolute atomic E-state index is 11.4. The van der Waals surface area contributed by atoms with Crippen molar-refractivity contribution in [2.24, 2.45) is 0 Å². The molecule has 0 rings (SSSR count). The van der Waals surface area contributed by atoms with Crippen molar-refractivity contribution in [1.82, 2.24) is 16.0 Å². The fraction of sp³-hybridized carbons (Fsp3) is 0.667. The molecule has 0 aromatic heterocycles. The van der Waals surface area contributed by atoms with Crippen molar-refractivity contribution in [3.8, 4) is 0 Å². The molecule has 4 N–H and O–H groups in total. The molecule has 0 heterocycles. The molecule has 0 aromatic carbocycles. The highest BCUT2D eigenvalue weighted by Crippen LogP contribution is 1.90. The van der Waals surface area contributed by atoms with Gasteiger partial charge in [-0.25, -0.2) is 4.79 Å². The van der Waals surface area contributed by atoms with Gasteiger partial charge in [-0.1, -0.05) is 6.92 Å². The fourth-order valence-electron chi connectivity index (χ4n) is 1.19. The molecular formula is C12H21N3O5. The quantitative estimate of drug-likeness (QED) is 0.499. The first kappa shape index (κ1) is 17.9. The van der Waals surface area contributed by atoms with Gasteiger partial charge >= 0.3 is 12.0 Å². The molecule has 0 aromatic rings. The van der Waals surface area contributed by atoms with Crippen LogP contribution in [0.2, 0.25) is 0 Å². The van der Waals surface area contributed by atoms with E-state index in [0.29, 0.717) is 0 Å². The summed E-state index contributed by atoms with van der Waals surface area (Å²) >= 11 is 0. The number of aliphatic carboxylic acids is 1. The highest BCUT2D eigenvalue weighted by molar-refractivity contribution is 5.95. The molecule has 0 bridgehead atoms. The largest absolute Gasteiger partial charge is 0.481 e. The Kier molecular flexibility index (Phi) is 8.73. The minimum atomic E-state index is -1.11. The molecule has 0 saturated heterocycles. The number of imide groups is 1. The molecule has 4 amide bonds. The molecule has 0 saturated carbocycles. The normalized spacial score (nSPS) is 11.3. The minimum Gasteiger partial charge on any atom is -0.481 e. The average molecular weight is 287 g/mol. The molecule has 0 aliphatic carbocycles. The summed E-state index contributed by atoms with van der Waals surface area (Å²) in [7, 11) is 0. The summed E-state index contributed by atoms with van der Waals surface area (Å²) in [6.07, 6.45) is 0.326. The Labute approximate surface area is 117 Å². The van der Waals surface area contributed by atoms with E-state index in [9.17, 15) is 19.2 Å². The van der Waals surface area contributed by atoms with Gasteiger partial charge in [-0.15, -0.1) is 0 Å². The topological polar surface area (TPSA) is 125 Å². The number of carbonyl (C=O) groups is 4. The second kappa shape index (κ2) is 9.76. The van der Waals surface area contributed by atoms with Crippen LogP contribution in [0.25, 0.3) is 0 Å². The van der Waals surface area contributed by atoms with E-state index in [1.807, 2.05) is 19.2 Å². The Morgan fingerprint density at radius 3 is 2.25 bits per heavy atom. The van der Waals surface area contributed by atoms with E-state index in [0.717, 1.165) is 6.42 Å². The highest BCUT2D eigenvalue weighted by Gasteiger charge is 2.10. The number of hydrogen-bond acceptors (Lipinski definition) is 4. The Balaban J connectivity index is 3.75. The molecule has 0 fully saturated rings. The lowest BCUT2D eigenvalue weighted by atomic mass is 10.2. The van der Waals surface area contributed by atoms with Crippen LogP contribution >= 0.6 is 0 Å². The van der Waals surface area contributed by atoms with Gasteiger partial charge in [-0.2, -0.15) is 0 Å². The lowest BCUT2D eigenvalue weighted by molar-refractivity contribution is -0.138. The van der Waals surface area contributed by atoms with Crippen LogP contribution in [-0.4, -0.2) is 41.5 Å². The zero-order valence-corrected chi connectivity index (χ0v) is 11.7. The molecule has 114 valence electrons. The van der Waals surface area contributed by atoms with Gasteiger partial charge in [0.25, 0.3) is 0 Å². The van der Waals surface area contributed by atoms with Gasteiger partial charge in [0.05, 0.1) is 6.42 Å². The fourth-order valence-corrected chi connectivity index (χ4v) is 1.19. The van der Waals surface area contributed by atoms with E-state index in [2.05, 4.69) is 10.6 Å². The third-order valence-corrected chi connectivity index (χ3v) is 2.48. The number of rotatable bonds is 8. The number of carboxylic acids is 1. The summed E-state index contributed by atoms with van der Waals surface area (Å²) in [5.74, 6) is -1.96. The maximum Gasteiger partial charge on any atom is 0.321 e. The van der Waals surface area contributed by atoms with Crippen molar-refractivity contribution in [2.75, 3.05) is 6.54 Å². The van der Waals surface area contributed by atoms with Crippen LogP contribution in [0.3, 0.4) is 0 Å².